The number of amides is 1. The smallest absolute Gasteiger partial charge is 0.251 e. The summed E-state index contributed by atoms with van der Waals surface area (Å²) in [5.41, 5.74) is 1.45. The van der Waals surface area contributed by atoms with Crippen LogP contribution < -0.4 is 14.8 Å². The number of hydrogen-bond donors (Lipinski definition) is 2. The van der Waals surface area contributed by atoms with Crippen molar-refractivity contribution in [3.63, 3.8) is 0 Å². The number of aromatic hydroxyl groups is 1. The molecule has 0 aliphatic carbocycles. The molecule has 0 bridgehead atoms. The van der Waals surface area contributed by atoms with Crippen LogP contribution in [-0.2, 0) is 0 Å². The average molecular weight is 390 g/mol. The van der Waals surface area contributed by atoms with Crippen LogP contribution >= 0.6 is 0 Å². The largest absolute Gasteiger partial charge is 0.504 e. The van der Waals surface area contributed by atoms with Crippen molar-refractivity contribution < 1.29 is 19.4 Å². The number of phenols is 1. The van der Waals surface area contributed by atoms with Gasteiger partial charge in [-0.2, -0.15) is 0 Å². The number of carbonyl (C=O) groups is 1. The Morgan fingerprint density at radius 2 is 1.76 bits per heavy atom. The molecular weight excluding hydrogens is 368 g/mol. The van der Waals surface area contributed by atoms with Gasteiger partial charge in [-0.25, -0.2) is 0 Å². The highest BCUT2D eigenvalue weighted by atomic mass is 16.5. The van der Waals surface area contributed by atoms with Crippen molar-refractivity contribution in [3.8, 4) is 17.2 Å². The van der Waals surface area contributed by atoms with Crippen molar-refractivity contribution in [2.75, 3.05) is 21.3 Å². The van der Waals surface area contributed by atoms with Crippen molar-refractivity contribution in [2.45, 2.75) is 0 Å². The highest BCUT2D eigenvalue weighted by molar-refractivity contribution is 6.07. The zero-order valence-corrected chi connectivity index (χ0v) is 16.5. The maximum Gasteiger partial charge on any atom is 0.251 e. The van der Waals surface area contributed by atoms with E-state index in [0.717, 1.165) is 27.4 Å². The summed E-state index contributed by atoms with van der Waals surface area (Å²) in [7, 11) is 4.78. The lowest BCUT2D eigenvalue weighted by Gasteiger charge is -2.06. The molecule has 1 amide bonds. The SMILES string of the molecule is CNC(=O)c1cccc2cc(OC)ccc12.COc1cc2cccnc2cc1O. The summed E-state index contributed by atoms with van der Waals surface area (Å²) in [4.78, 5) is 15.7. The van der Waals surface area contributed by atoms with Crippen molar-refractivity contribution in [2.24, 2.45) is 0 Å². The Hall–Kier alpha value is -3.80. The number of rotatable bonds is 3. The maximum atomic E-state index is 11.6. The van der Waals surface area contributed by atoms with E-state index in [4.69, 9.17) is 9.47 Å². The number of ether oxygens (including phenoxy) is 2. The van der Waals surface area contributed by atoms with Gasteiger partial charge in [-0.1, -0.05) is 18.2 Å². The molecule has 0 fully saturated rings. The maximum absolute atomic E-state index is 11.6. The fraction of sp³-hybridized carbons (Fsp3) is 0.130. The van der Waals surface area contributed by atoms with Crippen LogP contribution in [0.2, 0.25) is 0 Å². The Morgan fingerprint density at radius 1 is 0.966 bits per heavy atom. The van der Waals surface area contributed by atoms with Gasteiger partial charge in [0, 0.05) is 30.3 Å². The van der Waals surface area contributed by atoms with Crippen molar-refractivity contribution in [1.29, 1.82) is 0 Å². The number of nitrogens with zero attached hydrogens (tertiary/aromatic N) is 1. The minimum absolute atomic E-state index is 0.0734. The summed E-state index contributed by atoms with van der Waals surface area (Å²) in [6.45, 7) is 0. The van der Waals surface area contributed by atoms with E-state index in [0.29, 0.717) is 11.3 Å². The van der Waals surface area contributed by atoms with Gasteiger partial charge in [0.1, 0.15) is 5.75 Å². The number of benzene rings is 3. The van der Waals surface area contributed by atoms with E-state index < -0.39 is 0 Å². The summed E-state index contributed by atoms with van der Waals surface area (Å²) in [5.74, 6) is 1.31. The van der Waals surface area contributed by atoms with Gasteiger partial charge in [0.2, 0.25) is 0 Å². The summed E-state index contributed by atoms with van der Waals surface area (Å²) in [6.07, 6.45) is 1.69. The topological polar surface area (TPSA) is 80.7 Å². The van der Waals surface area contributed by atoms with E-state index in [1.54, 1.807) is 32.5 Å². The number of hydrogen-bond acceptors (Lipinski definition) is 5. The Labute approximate surface area is 168 Å². The number of carbonyl (C=O) groups excluding carboxylic acids is 1. The molecule has 0 unspecified atom stereocenters. The number of nitrogens with one attached hydrogen (secondary N) is 1. The lowest BCUT2D eigenvalue weighted by atomic mass is 10.0. The molecule has 3 aromatic carbocycles. The normalized spacial score (nSPS) is 10.2. The second-order valence-electron chi connectivity index (χ2n) is 6.19. The highest BCUT2D eigenvalue weighted by Crippen LogP contribution is 2.29. The summed E-state index contributed by atoms with van der Waals surface area (Å²) >= 11 is 0. The Bertz CT molecular complexity index is 1160. The molecule has 4 aromatic rings. The monoisotopic (exact) mass is 390 g/mol. The molecular formula is C23H22N2O4. The predicted octanol–water partition coefficient (Wildman–Crippen LogP) is 4.16. The molecule has 1 aromatic heterocycles. The van der Waals surface area contributed by atoms with E-state index in [1.807, 2.05) is 48.5 Å². The van der Waals surface area contributed by atoms with Gasteiger partial charge in [-0.3, -0.25) is 9.78 Å². The van der Waals surface area contributed by atoms with Gasteiger partial charge in [-0.15, -0.1) is 0 Å². The molecule has 0 atom stereocenters. The molecule has 0 aliphatic rings. The quantitative estimate of drug-likeness (QED) is 0.549. The van der Waals surface area contributed by atoms with Gasteiger partial charge >= 0.3 is 0 Å². The van der Waals surface area contributed by atoms with E-state index in [2.05, 4.69) is 10.3 Å². The minimum Gasteiger partial charge on any atom is -0.504 e. The van der Waals surface area contributed by atoms with E-state index in [9.17, 15) is 9.90 Å². The first-order valence-corrected chi connectivity index (χ1v) is 8.98. The second-order valence-corrected chi connectivity index (χ2v) is 6.19. The zero-order chi connectivity index (χ0) is 20.8. The van der Waals surface area contributed by atoms with E-state index >= 15 is 0 Å². The van der Waals surface area contributed by atoms with Crippen LogP contribution in [-0.4, -0.2) is 37.3 Å². The van der Waals surface area contributed by atoms with Gasteiger partial charge in [0.15, 0.2) is 11.5 Å². The van der Waals surface area contributed by atoms with Gasteiger partial charge < -0.3 is 19.9 Å². The Kier molecular flexibility index (Phi) is 6.14. The third-order valence-corrected chi connectivity index (χ3v) is 4.46. The fourth-order valence-electron chi connectivity index (χ4n) is 2.97. The number of pyridine rings is 1. The Balaban J connectivity index is 0.000000169. The molecule has 0 spiro atoms. The molecule has 0 saturated carbocycles. The number of fused-ring (bicyclic) bond motifs is 2. The molecule has 4 rings (SSSR count). The van der Waals surface area contributed by atoms with Crippen LogP contribution in [0, 0.1) is 0 Å². The molecule has 0 aliphatic heterocycles. The predicted molar refractivity (Wildman–Crippen MR) is 114 cm³/mol. The first kappa shape index (κ1) is 19.9. The third kappa shape index (κ3) is 4.38. The van der Waals surface area contributed by atoms with Crippen LogP contribution in [0.15, 0.2) is 66.9 Å². The van der Waals surface area contributed by atoms with Crippen LogP contribution in [0.3, 0.4) is 0 Å². The standard InChI is InChI=1S/C13H13NO2.C10H9NO2/c1-14-13(15)12-5-3-4-9-8-10(16-2)6-7-11(9)12;1-13-10-5-7-3-2-4-11-8(7)6-9(10)12/h3-8H,1-2H3,(H,14,15);2-6,12H,1H3. The lowest BCUT2D eigenvalue weighted by molar-refractivity contribution is 0.0964. The van der Waals surface area contributed by atoms with Crippen molar-refractivity contribution in [1.82, 2.24) is 10.3 Å². The Morgan fingerprint density at radius 3 is 2.48 bits per heavy atom. The zero-order valence-electron chi connectivity index (χ0n) is 16.5. The molecule has 148 valence electrons. The molecule has 2 N–H and O–H groups in total. The van der Waals surface area contributed by atoms with Crippen LogP contribution in [0.4, 0.5) is 0 Å². The van der Waals surface area contributed by atoms with E-state index in [1.165, 1.54) is 7.11 Å². The van der Waals surface area contributed by atoms with Gasteiger partial charge in [-0.05, 0) is 47.2 Å². The van der Waals surface area contributed by atoms with Crippen molar-refractivity contribution >= 4 is 27.6 Å². The van der Waals surface area contributed by atoms with Gasteiger partial charge in [0.05, 0.1) is 19.7 Å². The fourth-order valence-corrected chi connectivity index (χ4v) is 2.97. The van der Waals surface area contributed by atoms with Crippen molar-refractivity contribution in [3.05, 3.63) is 72.4 Å². The molecule has 6 heteroatoms. The third-order valence-electron chi connectivity index (χ3n) is 4.46. The first-order valence-electron chi connectivity index (χ1n) is 8.98. The first-order chi connectivity index (χ1) is 14.1. The highest BCUT2D eigenvalue weighted by Gasteiger charge is 2.08. The lowest BCUT2D eigenvalue weighted by Crippen LogP contribution is -2.17. The van der Waals surface area contributed by atoms with E-state index in [-0.39, 0.29) is 11.7 Å². The molecule has 29 heavy (non-hydrogen) atoms. The van der Waals surface area contributed by atoms with Crippen LogP contribution in [0.5, 0.6) is 17.2 Å². The number of methoxy groups -OCH3 is 2. The molecule has 1 heterocycles. The second kappa shape index (κ2) is 8.93. The van der Waals surface area contributed by atoms with Crippen LogP contribution in [0.25, 0.3) is 21.7 Å². The molecule has 6 nitrogen and oxygen atoms in total. The summed E-state index contributed by atoms with van der Waals surface area (Å²) in [5, 5.41) is 15.0. The number of aromatic nitrogens is 1. The number of phenolic OH excluding ortho intramolecular Hbond substituents is 1. The summed E-state index contributed by atoms with van der Waals surface area (Å²) in [6, 6.07) is 18.4. The summed E-state index contributed by atoms with van der Waals surface area (Å²) < 4.78 is 10.1. The van der Waals surface area contributed by atoms with Gasteiger partial charge in [0.25, 0.3) is 5.91 Å². The molecule has 0 saturated heterocycles. The molecule has 0 radical (unpaired) electrons. The van der Waals surface area contributed by atoms with Crippen LogP contribution in [0.1, 0.15) is 10.4 Å². The minimum atomic E-state index is -0.0734. The average Bonchev–Trinajstić information content (AvgIpc) is 2.77.